The summed E-state index contributed by atoms with van der Waals surface area (Å²) in [5.74, 6) is -2.09. The minimum Gasteiger partial charge on any atom is -0.495 e. The molecule has 0 aliphatic carbocycles. The van der Waals surface area contributed by atoms with Crippen molar-refractivity contribution in [2.75, 3.05) is 31.3 Å². The lowest BCUT2D eigenvalue weighted by Gasteiger charge is -2.49. The number of aromatic nitrogens is 1. The number of carbonyl (C=O) groups is 3. The van der Waals surface area contributed by atoms with Crippen LogP contribution in [0.4, 0.5) is 19.7 Å². The smallest absolute Gasteiger partial charge is 0.425 e. The van der Waals surface area contributed by atoms with Gasteiger partial charge in [0.15, 0.2) is 14.6 Å². The summed E-state index contributed by atoms with van der Waals surface area (Å²) < 4.78 is 57.9. The number of sulfone groups is 1. The fourth-order valence-corrected chi connectivity index (χ4v) is 7.14. The van der Waals surface area contributed by atoms with E-state index in [2.05, 4.69) is 34.5 Å². The molecule has 49 heavy (non-hydrogen) atoms. The third-order valence-corrected chi connectivity index (χ3v) is 10.1. The maximum atomic E-state index is 15.6. The number of nitrogens with zero attached hydrogens (tertiary/aromatic N) is 3. The first-order chi connectivity index (χ1) is 22.6. The second-order valence-electron chi connectivity index (χ2n) is 14.1. The second kappa shape index (κ2) is 14.8. The van der Waals surface area contributed by atoms with E-state index < -0.39 is 66.8 Å². The predicted molar refractivity (Wildman–Crippen MR) is 184 cm³/mol. The van der Waals surface area contributed by atoms with E-state index in [1.54, 1.807) is 47.6 Å². The van der Waals surface area contributed by atoms with Gasteiger partial charge in [0.2, 0.25) is 0 Å². The number of ether oxygens (including phenoxy) is 3. The van der Waals surface area contributed by atoms with Crippen LogP contribution in [0.15, 0.2) is 41.5 Å². The first kappa shape index (κ1) is 39.3. The van der Waals surface area contributed by atoms with Gasteiger partial charge >= 0.3 is 12.2 Å². The van der Waals surface area contributed by atoms with Crippen molar-refractivity contribution in [3.63, 3.8) is 0 Å². The number of amidine groups is 1. The Hall–Kier alpha value is -4.11. The maximum absolute atomic E-state index is 15.6. The summed E-state index contributed by atoms with van der Waals surface area (Å²) in [5.41, 5.74) is -4.00. The van der Waals surface area contributed by atoms with Gasteiger partial charge in [0.1, 0.15) is 39.8 Å². The van der Waals surface area contributed by atoms with Crippen molar-refractivity contribution in [2.24, 2.45) is 4.99 Å². The monoisotopic (exact) mass is 705 g/mol. The van der Waals surface area contributed by atoms with Crippen molar-refractivity contribution in [1.82, 2.24) is 15.2 Å². The minimum atomic E-state index is -4.22. The number of hydrogen-bond acceptors (Lipinski definition) is 11. The molecule has 13 nitrogen and oxygen atoms in total. The van der Waals surface area contributed by atoms with E-state index >= 15 is 4.39 Å². The van der Waals surface area contributed by atoms with Crippen LogP contribution in [0.5, 0.6) is 5.75 Å². The number of pyridine rings is 1. The Morgan fingerprint density at radius 2 is 1.55 bits per heavy atom. The number of nitrogens with one attached hydrogen (secondary N) is 2. The highest BCUT2D eigenvalue weighted by Gasteiger charge is 2.63. The van der Waals surface area contributed by atoms with Crippen molar-refractivity contribution in [3.8, 4) is 5.75 Å². The number of anilines is 1. The number of rotatable bonds is 5. The van der Waals surface area contributed by atoms with Crippen LogP contribution in [-0.2, 0) is 24.8 Å². The molecule has 0 saturated carbocycles. The molecule has 270 valence electrons. The zero-order valence-corrected chi connectivity index (χ0v) is 30.7. The van der Waals surface area contributed by atoms with E-state index in [1.165, 1.54) is 51.3 Å². The average Bonchev–Trinajstić information content (AvgIpc) is 2.95. The summed E-state index contributed by atoms with van der Waals surface area (Å²) in [5, 5.41) is 5.52. The number of imide groups is 1. The quantitative estimate of drug-likeness (QED) is 0.386. The van der Waals surface area contributed by atoms with E-state index in [0.29, 0.717) is 10.6 Å². The summed E-state index contributed by atoms with van der Waals surface area (Å²) in [6.45, 7) is 14.9. The Balaban J connectivity index is 0.00000154. The Morgan fingerprint density at radius 3 is 1.98 bits per heavy atom. The maximum Gasteiger partial charge on any atom is 0.425 e. The van der Waals surface area contributed by atoms with Crippen LogP contribution in [-0.4, -0.2) is 84.1 Å². The number of methoxy groups -OCH3 is 1. The summed E-state index contributed by atoms with van der Waals surface area (Å²) in [7, 11) is -2.76. The van der Waals surface area contributed by atoms with E-state index in [1.807, 2.05) is 0 Å². The van der Waals surface area contributed by atoms with Gasteiger partial charge < -0.3 is 24.8 Å². The number of aliphatic imine (C=N–C) groups is 1. The number of unbranched alkanes of at least 4 members (excludes halogenated alkanes) is 1. The lowest BCUT2D eigenvalue weighted by Crippen LogP contribution is -2.75. The molecule has 2 aliphatic rings. The lowest BCUT2D eigenvalue weighted by molar-refractivity contribution is 0.0135. The molecule has 0 radical (unpaired) electrons. The molecule has 0 bridgehead atoms. The van der Waals surface area contributed by atoms with Gasteiger partial charge in [-0.1, -0.05) is 26.7 Å². The Kier molecular flexibility index (Phi) is 11.9. The molecule has 1 spiro atoms. The van der Waals surface area contributed by atoms with Crippen LogP contribution in [0.25, 0.3) is 0 Å². The summed E-state index contributed by atoms with van der Waals surface area (Å²) in [6.07, 6.45) is 1.60. The topological polar surface area (TPSA) is 166 Å². The van der Waals surface area contributed by atoms with Gasteiger partial charge in [-0.3, -0.25) is 9.79 Å². The average molecular weight is 706 g/mol. The van der Waals surface area contributed by atoms with Crippen LogP contribution in [0.2, 0.25) is 0 Å². The first-order valence-electron chi connectivity index (χ1n) is 16.0. The number of carbonyl (C=O) groups excluding carboxylic acids is 3. The molecule has 4 rings (SSSR count). The van der Waals surface area contributed by atoms with Gasteiger partial charge in [-0.15, -0.1) is 0 Å². The van der Waals surface area contributed by atoms with Gasteiger partial charge in [0.25, 0.3) is 5.91 Å². The molecule has 1 saturated heterocycles. The Labute approximate surface area is 287 Å². The predicted octanol–water partition coefficient (Wildman–Crippen LogP) is 5.84. The fourth-order valence-electron chi connectivity index (χ4n) is 4.85. The van der Waals surface area contributed by atoms with E-state index in [9.17, 15) is 22.8 Å². The molecule has 1 aromatic heterocycles. The van der Waals surface area contributed by atoms with Gasteiger partial charge in [-0.25, -0.2) is 27.4 Å². The summed E-state index contributed by atoms with van der Waals surface area (Å²) in [6, 6.07) is 6.62. The third-order valence-electron chi connectivity index (χ3n) is 7.52. The van der Waals surface area contributed by atoms with Gasteiger partial charge in [0.05, 0.1) is 19.1 Å². The van der Waals surface area contributed by atoms with Crippen LogP contribution < -0.4 is 15.4 Å². The van der Waals surface area contributed by atoms with Crippen molar-refractivity contribution in [2.45, 2.75) is 96.6 Å². The van der Waals surface area contributed by atoms with Crippen LogP contribution in [0.3, 0.4) is 0 Å². The molecule has 2 aromatic rings. The minimum absolute atomic E-state index is 0.0539. The zero-order chi connectivity index (χ0) is 37.0. The van der Waals surface area contributed by atoms with Crippen LogP contribution in [0.1, 0.15) is 91.2 Å². The lowest BCUT2D eigenvalue weighted by atomic mass is 9.91. The summed E-state index contributed by atoms with van der Waals surface area (Å²) in [4.78, 5) is 49.2. The SMILES string of the molecule is CCCC.COc1ccc(C(=O)Nc2ccc(F)c([C@]3(C)CS(=O)(=O)C4(CNC4)C(N(C(=O)OC(C)(C)C)C(=O)OC(C)(C)C)=N3)c2)nc1. The Morgan fingerprint density at radius 1 is 0.980 bits per heavy atom. The zero-order valence-electron chi connectivity index (χ0n) is 29.9. The van der Waals surface area contributed by atoms with E-state index in [0.717, 1.165) is 6.07 Å². The molecule has 0 unspecified atom stereocenters. The number of halogens is 1. The second-order valence-corrected chi connectivity index (χ2v) is 16.4. The van der Waals surface area contributed by atoms with E-state index in [4.69, 9.17) is 14.2 Å². The molecule has 3 heterocycles. The largest absolute Gasteiger partial charge is 0.495 e. The molecule has 2 aliphatic heterocycles. The van der Waals surface area contributed by atoms with Gasteiger partial charge in [-0.05, 0) is 78.8 Å². The number of amides is 3. The van der Waals surface area contributed by atoms with E-state index in [-0.39, 0.29) is 30.0 Å². The van der Waals surface area contributed by atoms with Crippen molar-refractivity contribution >= 4 is 39.5 Å². The first-order valence-corrected chi connectivity index (χ1v) is 17.7. The highest BCUT2D eigenvalue weighted by Crippen LogP contribution is 2.42. The number of hydrogen-bond donors (Lipinski definition) is 2. The molecular formula is C34H48FN5O8S. The highest BCUT2D eigenvalue weighted by atomic mass is 32.2. The standard InChI is InChI=1S/C30H38FN5O8S.C4H10/c1-27(2,3)43-25(38)36(26(39)44-28(4,5)6)24-30(15-32-16-30)45(40,41)17-29(7,35-24)20-13-18(9-11-21(20)31)34-23(37)22-12-10-19(42-8)14-33-22;1-3-4-2/h9-14,32H,15-17H2,1-8H3,(H,34,37);3-4H2,1-2H3/t29-;/m0./s1. The third kappa shape index (κ3) is 9.12. The molecule has 1 fully saturated rings. The van der Waals surface area contributed by atoms with Gasteiger partial charge in [-0.2, -0.15) is 4.90 Å². The highest BCUT2D eigenvalue weighted by molar-refractivity contribution is 7.93. The molecule has 3 amide bonds. The molecule has 1 atom stereocenters. The molecule has 1 aromatic carbocycles. The summed E-state index contributed by atoms with van der Waals surface area (Å²) >= 11 is 0. The van der Waals surface area contributed by atoms with Crippen LogP contribution in [0, 0.1) is 5.82 Å². The molecular weight excluding hydrogens is 657 g/mol. The molecule has 15 heteroatoms. The normalized spacial score (nSPS) is 19.3. The van der Waals surface area contributed by atoms with Crippen molar-refractivity contribution < 1.29 is 41.4 Å². The fraction of sp³-hybridized carbons (Fsp3) is 0.559. The van der Waals surface area contributed by atoms with Gasteiger partial charge in [0, 0.05) is 24.3 Å². The Bertz CT molecular complexity index is 1650. The van der Waals surface area contributed by atoms with Crippen molar-refractivity contribution in [1.29, 1.82) is 0 Å². The number of benzene rings is 1. The van der Waals surface area contributed by atoms with Crippen LogP contribution >= 0.6 is 0 Å². The molecule has 2 N–H and O–H groups in total. The van der Waals surface area contributed by atoms with Crippen molar-refractivity contribution in [3.05, 3.63) is 53.6 Å².